The second kappa shape index (κ2) is 5.09. The number of carbonyl (C=O) groups is 3. The lowest BCUT2D eigenvalue weighted by atomic mass is 10.1. The molecular weight excluding hydrogens is 248 g/mol. The van der Waals surface area contributed by atoms with E-state index in [4.69, 9.17) is 0 Å². The first-order chi connectivity index (χ1) is 9.04. The first kappa shape index (κ1) is 13.1. The number of nitrogens with zero attached hydrogens (tertiary/aromatic N) is 1. The number of rotatable bonds is 4. The highest BCUT2D eigenvalue weighted by Crippen LogP contribution is 2.24. The maximum absolute atomic E-state index is 11.8. The number of methoxy groups -OCH3 is 1. The molecule has 0 spiro atoms. The van der Waals surface area contributed by atoms with Gasteiger partial charge in [0.2, 0.25) is 0 Å². The van der Waals surface area contributed by atoms with Crippen LogP contribution in [0.5, 0.6) is 0 Å². The van der Waals surface area contributed by atoms with Crippen molar-refractivity contribution in [3.63, 3.8) is 0 Å². The Hall–Kier alpha value is -2.37. The molecule has 1 aliphatic rings. The molecule has 0 saturated heterocycles. The second-order valence-corrected chi connectivity index (χ2v) is 4.18. The summed E-state index contributed by atoms with van der Waals surface area (Å²) in [7, 11) is 2.78. The topological polar surface area (TPSA) is 75.7 Å². The van der Waals surface area contributed by atoms with Gasteiger partial charge in [-0.2, -0.15) is 0 Å². The minimum Gasteiger partial charge on any atom is -0.469 e. The highest BCUT2D eigenvalue weighted by molar-refractivity contribution is 6.21. The third-order valence-electron chi connectivity index (χ3n) is 2.98. The molecule has 1 aromatic carbocycles. The summed E-state index contributed by atoms with van der Waals surface area (Å²) in [4.78, 5) is 35.5. The first-order valence-electron chi connectivity index (χ1n) is 5.81. The Morgan fingerprint density at radius 1 is 1.26 bits per heavy atom. The van der Waals surface area contributed by atoms with Gasteiger partial charge < -0.3 is 10.1 Å². The van der Waals surface area contributed by atoms with Gasteiger partial charge in [0.25, 0.3) is 11.8 Å². The molecule has 0 atom stereocenters. The molecular formula is C13H14N2O4. The zero-order valence-corrected chi connectivity index (χ0v) is 10.7. The Labute approximate surface area is 110 Å². The van der Waals surface area contributed by atoms with E-state index in [9.17, 15) is 14.4 Å². The van der Waals surface area contributed by atoms with Crippen molar-refractivity contribution >= 4 is 23.5 Å². The molecule has 0 aromatic heterocycles. The second-order valence-electron chi connectivity index (χ2n) is 4.18. The normalized spacial score (nSPS) is 13.5. The Bertz CT molecular complexity index is 554. The fourth-order valence-electron chi connectivity index (χ4n) is 1.88. The Balaban J connectivity index is 2.08. The van der Waals surface area contributed by atoms with Gasteiger partial charge in [-0.15, -0.1) is 0 Å². The van der Waals surface area contributed by atoms with Gasteiger partial charge in [-0.25, -0.2) is 0 Å². The number of fused-ring (bicyclic) bond motifs is 1. The molecule has 1 aliphatic heterocycles. The van der Waals surface area contributed by atoms with E-state index in [0.29, 0.717) is 23.4 Å². The summed E-state index contributed by atoms with van der Waals surface area (Å²) in [6.45, 7) is 0.406. The molecule has 6 heteroatoms. The lowest BCUT2D eigenvalue weighted by molar-refractivity contribution is -0.140. The van der Waals surface area contributed by atoms with Gasteiger partial charge in [-0.05, 0) is 18.2 Å². The summed E-state index contributed by atoms with van der Waals surface area (Å²) in [6, 6.07) is 4.94. The third kappa shape index (κ3) is 2.42. The molecule has 2 rings (SSSR count). The summed E-state index contributed by atoms with van der Waals surface area (Å²) in [6.07, 6.45) is 0.236. The van der Waals surface area contributed by atoms with E-state index in [2.05, 4.69) is 10.1 Å². The summed E-state index contributed by atoms with van der Waals surface area (Å²) in [5.41, 5.74) is 1.49. The van der Waals surface area contributed by atoms with E-state index in [1.165, 1.54) is 14.2 Å². The summed E-state index contributed by atoms with van der Waals surface area (Å²) in [5.74, 6) is -0.905. The molecule has 0 saturated carbocycles. The number of carbonyl (C=O) groups excluding carboxylic acids is 3. The van der Waals surface area contributed by atoms with Crippen molar-refractivity contribution in [1.29, 1.82) is 0 Å². The van der Waals surface area contributed by atoms with Crippen LogP contribution in [0.2, 0.25) is 0 Å². The minimum atomic E-state index is -0.309. The minimum absolute atomic E-state index is 0.236. The van der Waals surface area contributed by atoms with Gasteiger partial charge in [-0.1, -0.05) is 0 Å². The molecule has 0 fully saturated rings. The molecule has 0 aliphatic carbocycles. The number of benzene rings is 1. The van der Waals surface area contributed by atoms with E-state index in [-0.39, 0.29) is 24.2 Å². The summed E-state index contributed by atoms with van der Waals surface area (Å²) >= 11 is 0. The number of imide groups is 1. The smallest absolute Gasteiger partial charge is 0.307 e. The maximum atomic E-state index is 11.8. The fraction of sp³-hybridized carbons (Fsp3) is 0.308. The number of nitrogens with one attached hydrogen (secondary N) is 1. The van der Waals surface area contributed by atoms with E-state index >= 15 is 0 Å². The van der Waals surface area contributed by atoms with Crippen LogP contribution in [0.15, 0.2) is 18.2 Å². The van der Waals surface area contributed by atoms with E-state index in [1.807, 2.05) is 0 Å². The molecule has 2 amide bonds. The van der Waals surface area contributed by atoms with Crippen molar-refractivity contribution in [2.24, 2.45) is 0 Å². The molecule has 1 heterocycles. The first-order valence-corrected chi connectivity index (χ1v) is 5.81. The lowest BCUT2D eigenvalue weighted by Crippen LogP contribution is -2.24. The zero-order valence-electron chi connectivity index (χ0n) is 10.7. The molecule has 1 aromatic rings. The van der Waals surface area contributed by atoms with Crippen molar-refractivity contribution in [2.45, 2.75) is 6.42 Å². The predicted octanol–water partition coefficient (Wildman–Crippen LogP) is 0.887. The predicted molar refractivity (Wildman–Crippen MR) is 68.0 cm³/mol. The van der Waals surface area contributed by atoms with E-state index in [0.717, 1.165) is 4.90 Å². The van der Waals surface area contributed by atoms with Crippen LogP contribution in [0.3, 0.4) is 0 Å². The van der Waals surface area contributed by atoms with Crippen molar-refractivity contribution < 1.29 is 19.1 Å². The molecule has 1 N–H and O–H groups in total. The van der Waals surface area contributed by atoms with Crippen LogP contribution in [-0.2, 0) is 9.53 Å². The van der Waals surface area contributed by atoms with Crippen LogP contribution in [-0.4, -0.2) is 43.4 Å². The molecule has 6 nitrogen and oxygen atoms in total. The third-order valence-corrected chi connectivity index (χ3v) is 2.98. The van der Waals surface area contributed by atoms with E-state index in [1.54, 1.807) is 18.2 Å². The summed E-state index contributed by atoms with van der Waals surface area (Å²) < 4.78 is 4.52. The van der Waals surface area contributed by atoms with Gasteiger partial charge in [0.15, 0.2) is 0 Å². The van der Waals surface area contributed by atoms with Gasteiger partial charge in [-0.3, -0.25) is 19.3 Å². The standard InChI is InChI=1S/C13H14N2O4/c1-15-12(17)9-4-3-8(7-10(9)13(15)18)14-6-5-11(16)19-2/h3-4,7,14H,5-6H2,1-2H3. The number of hydrogen-bond acceptors (Lipinski definition) is 5. The quantitative estimate of drug-likeness (QED) is 0.644. The maximum Gasteiger partial charge on any atom is 0.307 e. The Morgan fingerprint density at radius 2 is 1.95 bits per heavy atom. The average Bonchev–Trinajstić information content (AvgIpc) is 2.63. The van der Waals surface area contributed by atoms with Gasteiger partial charge in [0.1, 0.15) is 0 Å². The lowest BCUT2D eigenvalue weighted by Gasteiger charge is -2.06. The van der Waals surface area contributed by atoms with Crippen molar-refractivity contribution in [3.8, 4) is 0 Å². The Kier molecular flexibility index (Phi) is 3.50. The number of esters is 1. The van der Waals surface area contributed by atoms with Gasteiger partial charge >= 0.3 is 5.97 Å². The van der Waals surface area contributed by atoms with Crippen molar-refractivity contribution in [1.82, 2.24) is 4.90 Å². The van der Waals surface area contributed by atoms with Crippen LogP contribution in [0.1, 0.15) is 27.1 Å². The molecule has 0 radical (unpaired) electrons. The van der Waals surface area contributed by atoms with Crippen LogP contribution in [0, 0.1) is 0 Å². The van der Waals surface area contributed by atoms with Crippen molar-refractivity contribution in [2.75, 3.05) is 26.0 Å². The molecule has 100 valence electrons. The zero-order chi connectivity index (χ0) is 14.0. The highest BCUT2D eigenvalue weighted by Gasteiger charge is 2.32. The number of ether oxygens (including phenoxy) is 1. The fourth-order valence-corrected chi connectivity index (χ4v) is 1.88. The Morgan fingerprint density at radius 3 is 2.63 bits per heavy atom. The van der Waals surface area contributed by atoms with Crippen LogP contribution in [0.25, 0.3) is 0 Å². The number of hydrogen-bond donors (Lipinski definition) is 1. The molecule has 0 bridgehead atoms. The van der Waals surface area contributed by atoms with Crippen molar-refractivity contribution in [3.05, 3.63) is 29.3 Å². The monoisotopic (exact) mass is 262 g/mol. The number of anilines is 1. The van der Waals surface area contributed by atoms with Crippen LogP contribution >= 0.6 is 0 Å². The average molecular weight is 262 g/mol. The SMILES string of the molecule is COC(=O)CCNc1ccc2c(c1)C(=O)N(C)C2=O. The molecule has 0 unspecified atom stereocenters. The van der Waals surface area contributed by atoms with E-state index < -0.39 is 0 Å². The largest absolute Gasteiger partial charge is 0.469 e. The number of amides is 2. The van der Waals surface area contributed by atoms with Crippen LogP contribution < -0.4 is 5.32 Å². The van der Waals surface area contributed by atoms with Gasteiger partial charge in [0, 0.05) is 19.3 Å². The summed E-state index contributed by atoms with van der Waals surface area (Å²) in [5, 5.41) is 3.01. The van der Waals surface area contributed by atoms with Crippen LogP contribution in [0.4, 0.5) is 5.69 Å². The molecule has 19 heavy (non-hydrogen) atoms. The highest BCUT2D eigenvalue weighted by atomic mass is 16.5. The van der Waals surface area contributed by atoms with Gasteiger partial charge in [0.05, 0.1) is 24.7 Å².